The first-order valence-electron chi connectivity index (χ1n) is 10.6. The number of hydrogen-bond donors (Lipinski definition) is 1. The molecule has 0 aromatic carbocycles. The second-order valence-corrected chi connectivity index (χ2v) is 8.28. The van der Waals surface area contributed by atoms with Crippen molar-refractivity contribution < 1.29 is 24.2 Å². The van der Waals surface area contributed by atoms with Gasteiger partial charge in [-0.1, -0.05) is 58.3 Å². The molecule has 5 nitrogen and oxygen atoms in total. The number of aliphatic hydroxyl groups is 1. The van der Waals surface area contributed by atoms with Gasteiger partial charge in [0.25, 0.3) is 0 Å². The van der Waals surface area contributed by atoms with Crippen LogP contribution < -0.4 is 0 Å². The third-order valence-electron chi connectivity index (χ3n) is 5.47. The van der Waals surface area contributed by atoms with Crippen molar-refractivity contribution in [2.45, 2.75) is 65.7 Å². The zero-order valence-electron chi connectivity index (χ0n) is 17.8. The van der Waals surface area contributed by atoms with Gasteiger partial charge in [0.05, 0.1) is 31.3 Å². The van der Waals surface area contributed by atoms with E-state index in [0.29, 0.717) is 5.92 Å². The predicted octanol–water partition coefficient (Wildman–Crippen LogP) is 4.45. The van der Waals surface area contributed by atoms with Gasteiger partial charge in [0.15, 0.2) is 0 Å². The molecule has 0 spiro atoms. The normalized spacial score (nSPS) is 20.9. The quantitative estimate of drug-likeness (QED) is 0.301. The highest BCUT2D eigenvalue weighted by Gasteiger charge is 2.25. The lowest BCUT2D eigenvalue weighted by atomic mass is 9.77. The van der Waals surface area contributed by atoms with Gasteiger partial charge < -0.3 is 14.6 Å². The third kappa shape index (κ3) is 9.54. The molecule has 5 heteroatoms. The molecule has 1 atom stereocenters. The lowest BCUT2D eigenvalue weighted by Crippen LogP contribution is -2.26. The number of ether oxygens (including phenoxy) is 2. The lowest BCUT2D eigenvalue weighted by Gasteiger charge is -2.30. The van der Waals surface area contributed by atoms with E-state index in [-0.39, 0.29) is 36.6 Å². The molecule has 0 aromatic rings. The van der Waals surface area contributed by atoms with E-state index >= 15 is 0 Å². The molecule has 0 radical (unpaired) electrons. The van der Waals surface area contributed by atoms with Gasteiger partial charge in [-0.15, -0.1) is 0 Å². The first kappa shape index (κ1) is 24.4. The van der Waals surface area contributed by atoms with Crippen molar-refractivity contribution >= 4 is 11.9 Å². The second-order valence-electron chi connectivity index (χ2n) is 8.28. The molecule has 0 saturated heterocycles. The van der Waals surface area contributed by atoms with Gasteiger partial charge in [0.2, 0.25) is 0 Å². The molecule has 0 aliphatic heterocycles. The summed E-state index contributed by atoms with van der Waals surface area (Å²) in [7, 11) is 0. The summed E-state index contributed by atoms with van der Waals surface area (Å²) in [4.78, 5) is 23.6. The third-order valence-corrected chi connectivity index (χ3v) is 5.47. The number of aliphatic hydroxyl groups excluding tert-OH is 1. The highest BCUT2D eigenvalue weighted by molar-refractivity contribution is 5.87. The standard InChI is InChI=1S/C23H38O5/c1-5-6-7-8-19-9-11-20(12-10-19)13-21(15-27-22(25)17(2)3)16-28-23(26)18(4)14-24/h5-6,17,19-21,24H,4,7-16H2,1-3H3/b6-5+. The molecule has 1 rings (SSSR count). The lowest BCUT2D eigenvalue weighted by molar-refractivity contribution is -0.150. The Morgan fingerprint density at radius 1 is 1.11 bits per heavy atom. The molecule has 1 N–H and O–H groups in total. The number of allylic oxidation sites excluding steroid dienone is 2. The Kier molecular flexibility index (Phi) is 11.8. The van der Waals surface area contributed by atoms with Crippen LogP contribution in [-0.4, -0.2) is 36.9 Å². The van der Waals surface area contributed by atoms with Crippen molar-refractivity contribution in [3.63, 3.8) is 0 Å². The van der Waals surface area contributed by atoms with Crippen LogP contribution in [0.4, 0.5) is 0 Å². The Morgan fingerprint density at radius 3 is 2.29 bits per heavy atom. The van der Waals surface area contributed by atoms with E-state index in [4.69, 9.17) is 14.6 Å². The van der Waals surface area contributed by atoms with Gasteiger partial charge in [-0.25, -0.2) is 4.79 Å². The Balaban J connectivity index is 2.51. The zero-order chi connectivity index (χ0) is 20.9. The fourth-order valence-electron chi connectivity index (χ4n) is 3.64. The molecule has 0 bridgehead atoms. The molecule has 0 heterocycles. The maximum Gasteiger partial charge on any atom is 0.335 e. The van der Waals surface area contributed by atoms with Crippen LogP contribution in [0.25, 0.3) is 0 Å². The van der Waals surface area contributed by atoms with Crippen molar-refractivity contribution in [3.05, 3.63) is 24.3 Å². The van der Waals surface area contributed by atoms with Gasteiger partial charge in [-0.05, 0) is 38.0 Å². The molecule has 1 saturated carbocycles. The molecule has 0 amide bonds. The SMILES string of the molecule is C=C(CO)C(=O)OCC(COC(=O)C(C)C)CC1CCC(CC/C=C/C)CC1. The first-order chi connectivity index (χ1) is 13.4. The van der Waals surface area contributed by atoms with Crippen molar-refractivity contribution in [1.29, 1.82) is 0 Å². The van der Waals surface area contributed by atoms with Crippen molar-refractivity contribution in [2.75, 3.05) is 19.8 Å². The molecule has 0 aromatic heterocycles. The number of carbonyl (C=O) groups excluding carboxylic acids is 2. The van der Waals surface area contributed by atoms with E-state index in [0.717, 1.165) is 18.8 Å². The summed E-state index contributed by atoms with van der Waals surface area (Å²) in [6.45, 7) is 9.19. The summed E-state index contributed by atoms with van der Waals surface area (Å²) >= 11 is 0. The van der Waals surface area contributed by atoms with Crippen molar-refractivity contribution in [3.8, 4) is 0 Å². The summed E-state index contributed by atoms with van der Waals surface area (Å²) in [6, 6.07) is 0. The molecular weight excluding hydrogens is 356 g/mol. The fraction of sp³-hybridized carbons (Fsp3) is 0.739. The van der Waals surface area contributed by atoms with E-state index in [1.54, 1.807) is 13.8 Å². The Bertz CT molecular complexity index is 515. The topological polar surface area (TPSA) is 72.8 Å². The minimum absolute atomic E-state index is 0.0253. The Labute approximate surface area is 170 Å². The van der Waals surface area contributed by atoms with Crippen molar-refractivity contribution in [1.82, 2.24) is 0 Å². The average molecular weight is 395 g/mol. The molecule has 1 fully saturated rings. The monoisotopic (exact) mass is 394 g/mol. The molecule has 160 valence electrons. The summed E-state index contributed by atoms with van der Waals surface area (Å²) in [5, 5.41) is 9.00. The van der Waals surface area contributed by atoms with Gasteiger partial charge >= 0.3 is 11.9 Å². The Morgan fingerprint density at radius 2 is 1.71 bits per heavy atom. The van der Waals surface area contributed by atoms with E-state index in [9.17, 15) is 9.59 Å². The van der Waals surface area contributed by atoms with Crippen LogP contribution in [0.2, 0.25) is 0 Å². The molecule has 1 aliphatic rings. The van der Waals surface area contributed by atoms with E-state index in [1.807, 2.05) is 0 Å². The smallest absolute Gasteiger partial charge is 0.335 e. The summed E-state index contributed by atoms with van der Waals surface area (Å²) in [5.41, 5.74) is 0.0413. The van der Waals surface area contributed by atoms with Gasteiger partial charge in [-0.3, -0.25) is 4.79 Å². The number of carbonyl (C=O) groups is 2. The average Bonchev–Trinajstić information content (AvgIpc) is 2.70. The van der Waals surface area contributed by atoms with E-state index in [2.05, 4.69) is 25.7 Å². The van der Waals surface area contributed by atoms with Crippen LogP contribution in [0.1, 0.15) is 65.7 Å². The maximum absolute atomic E-state index is 11.8. The van der Waals surface area contributed by atoms with Crippen LogP contribution in [0, 0.1) is 23.7 Å². The Hall–Kier alpha value is -1.62. The predicted molar refractivity (Wildman–Crippen MR) is 111 cm³/mol. The minimum Gasteiger partial charge on any atom is -0.465 e. The minimum atomic E-state index is -0.588. The number of hydrogen-bond acceptors (Lipinski definition) is 5. The van der Waals surface area contributed by atoms with E-state index in [1.165, 1.54) is 32.1 Å². The van der Waals surface area contributed by atoms with Crippen LogP contribution in [0.15, 0.2) is 24.3 Å². The van der Waals surface area contributed by atoms with Gasteiger partial charge in [0.1, 0.15) is 0 Å². The number of esters is 2. The van der Waals surface area contributed by atoms with Crippen LogP contribution in [-0.2, 0) is 19.1 Å². The van der Waals surface area contributed by atoms with Crippen LogP contribution in [0.5, 0.6) is 0 Å². The summed E-state index contributed by atoms with van der Waals surface area (Å²) < 4.78 is 10.7. The van der Waals surface area contributed by atoms with Crippen molar-refractivity contribution in [2.24, 2.45) is 23.7 Å². The fourth-order valence-corrected chi connectivity index (χ4v) is 3.64. The highest BCUT2D eigenvalue weighted by Crippen LogP contribution is 2.35. The maximum atomic E-state index is 11.8. The molecule has 1 unspecified atom stereocenters. The van der Waals surface area contributed by atoms with Gasteiger partial charge in [-0.2, -0.15) is 0 Å². The van der Waals surface area contributed by atoms with Crippen LogP contribution >= 0.6 is 0 Å². The first-order valence-corrected chi connectivity index (χ1v) is 10.6. The molecule has 1 aliphatic carbocycles. The molecular formula is C23H38O5. The second kappa shape index (κ2) is 13.5. The summed E-state index contributed by atoms with van der Waals surface area (Å²) in [6.07, 6.45) is 12.5. The molecule has 28 heavy (non-hydrogen) atoms. The van der Waals surface area contributed by atoms with Gasteiger partial charge in [0, 0.05) is 5.92 Å². The van der Waals surface area contributed by atoms with Crippen LogP contribution in [0.3, 0.4) is 0 Å². The highest BCUT2D eigenvalue weighted by atomic mass is 16.5. The number of rotatable bonds is 12. The van der Waals surface area contributed by atoms with E-state index < -0.39 is 12.6 Å². The largest absolute Gasteiger partial charge is 0.465 e. The zero-order valence-corrected chi connectivity index (χ0v) is 17.8. The summed E-state index contributed by atoms with van der Waals surface area (Å²) in [5.74, 6) is 0.350.